The van der Waals surface area contributed by atoms with Gasteiger partial charge >= 0.3 is 0 Å². The average molecular weight is 135 g/mol. The lowest BCUT2D eigenvalue weighted by atomic mass is 10.1. The molecule has 1 aromatic heterocycles. The normalized spacial score (nSPS) is 13.0. The molecular weight excluding hydrogens is 124 g/mol. The second kappa shape index (κ2) is 3.32. The van der Waals surface area contributed by atoms with E-state index >= 15 is 0 Å². The van der Waals surface area contributed by atoms with Gasteiger partial charge in [-0.15, -0.1) is 0 Å². The summed E-state index contributed by atoms with van der Waals surface area (Å²) in [4.78, 5) is 4.09. The van der Waals surface area contributed by atoms with Crippen molar-refractivity contribution in [1.82, 2.24) is 4.98 Å². The summed E-state index contributed by atoms with van der Waals surface area (Å²) in [5.74, 6) is 0. The summed E-state index contributed by atoms with van der Waals surface area (Å²) in [6.07, 6.45) is 3.67. The Morgan fingerprint density at radius 1 is 1.60 bits per heavy atom. The van der Waals surface area contributed by atoms with E-state index in [1.54, 1.807) is 6.20 Å². The molecule has 1 unspecified atom stereocenters. The Balaban J connectivity index is 2.75. The van der Waals surface area contributed by atoms with Crippen molar-refractivity contribution in [2.75, 3.05) is 0 Å². The maximum atomic E-state index is 5.68. The molecular formula is C8H11N2. The van der Waals surface area contributed by atoms with Crippen LogP contribution in [0.1, 0.15) is 18.7 Å². The van der Waals surface area contributed by atoms with Crippen LogP contribution < -0.4 is 5.73 Å². The van der Waals surface area contributed by atoms with Gasteiger partial charge in [0.25, 0.3) is 0 Å². The lowest BCUT2D eigenvalue weighted by Crippen LogP contribution is -2.10. The van der Waals surface area contributed by atoms with Crippen molar-refractivity contribution in [3.05, 3.63) is 36.5 Å². The highest BCUT2D eigenvalue weighted by atomic mass is 14.8. The van der Waals surface area contributed by atoms with Crippen LogP contribution in [0, 0.1) is 6.42 Å². The fourth-order valence-electron chi connectivity index (χ4n) is 0.744. The van der Waals surface area contributed by atoms with Gasteiger partial charge in [-0.25, -0.2) is 0 Å². The molecule has 10 heavy (non-hydrogen) atoms. The van der Waals surface area contributed by atoms with Gasteiger partial charge in [0.1, 0.15) is 0 Å². The molecule has 1 aromatic rings. The lowest BCUT2D eigenvalue weighted by molar-refractivity contribution is 0.802. The van der Waals surface area contributed by atoms with Gasteiger partial charge in [-0.2, -0.15) is 0 Å². The van der Waals surface area contributed by atoms with E-state index in [4.69, 9.17) is 5.73 Å². The van der Waals surface area contributed by atoms with E-state index in [0.717, 1.165) is 5.69 Å². The summed E-state index contributed by atoms with van der Waals surface area (Å²) in [6, 6.07) is 5.71. The van der Waals surface area contributed by atoms with Crippen molar-refractivity contribution in [2.45, 2.75) is 13.0 Å². The van der Waals surface area contributed by atoms with Gasteiger partial charge in [0.15, 0.2) is 0 Å². The predicted molar refractivity (Wildman–Crippen MR) is 41.1 cm³/mol. The SMILES string of the molecule is C[CH]C(N)c1ccccn1. The Kier molecular flexibility index (Phi) is 2.40. The molecule has 1 radical (unpaired) electrons. The van der Waals surface area contributed by atoms with Crippen molar-refractivity contribution < 1.29 is 0 Å². The number of aromatic nitrogens is 1. The first-order valence-corrected chi connectivity index (χ1v) is 3.30. The third-order valence-corrected chi connectivity index (χ3v) is 1.39. The largest absolute Gasteiger partial charge is 0.322 e. The van der Waals surface area contributed by atoms with Crippen molar-refractivity contribution in [3.63, 3.8) is 0 Å². The predicted octanol–water partition coefficient (Wildman–Crippen LogP) is 1.31. The number of hydrogen-bond acceptors (Lipinski definition) is 2. The molecule has 0 saturated carbocycles. The first-order valence-electron chi connectivity index (χ1n) is 3.30. The summed E-state index contributed by atoms with van der Waals surface area (Å²) in [5.41, 5.74) is 6.60. The van der Waals surface area contributed by atoms with Crippen molar-refractivity contribution in [2.24, 2.45) is 5.73 Å². The first kappa shape index (κ1) is 7.22. The smallest absolute Gasteiger partial charge is 0.0573 e. The fourth-order valence-corrected chi connectivity index (χ4v) is 0.744. The highest BCUT2D eigenvalue weighted by Crippen LogP contribution is 2.07. The van der Waals surface area contributed by atoms with Crippen molar-refractivity contribution in [3.8, 4) is 0 Å². The number of rotatable bonds is 2. The van der Waals surface area contributed by atoms with Crippen LogP contribution in [0.3, 0.4) is 0 Å². The maximum absolute atomic E-state index is 5.68. The molecule has 0 fully saturated rings. The first-order chi connectivity index (χ1) is 4.84. The average Bonchev–Trinajstić information content (AvgIpc) is 2.05. The summed E-state index contributed by atoms with van der Waals surface area (Å²) >= 11 is 0. The van der Waals surface area contributed by atoms with Gasteiger partial charge in [-0.3, -0.25) is 4.98 Å². The third kappa shape index (κ3) is 1.54. The molecule has 1 atom stereocenters. The minimum atomic E-state index is -0.0267. The molecule has 53 valence electrons. The molecule has 2 N–H and O–H groups in total. The summed E-state index contributed by atoms with van der Waals surface area (Å²) < 4.78 is 0. The molecule has 2 nitrogen and oxygen atoms in total. The van der Waals surface area contributed by atoms with Gasteiger partial charge in [-0.1, -0.05) is 13.0 Å². The molecule has 1 rings (SSSR count). The van der Waals surface area contributed by atoms with Crippen LogP contribution in [0.15, 0.2) is 24.4 Å². The van der Waals surface area contributed by atoms with Gasteiger partial charge in [0.05, 0.1) is 5.69 Å². The molecule has 0 aliphatic carbocycles. The Labute approximate surface area is 61.1 Å². The van der Waals surface area contributed by atoms with Crippen LogP contribution in [0.2, 0.25) is 0 Å². The van der Waals surface area contributed by atoms with Crippen LogP contribution in [-0.2, 0) is 0 Å². The molecule has 0 aliphatic rings. The highest BCUT2D eigenvalue weighted by molar-refractivity contribution is 5.10. The second-order valence-corrected chi connectivity index (χ2v) is 2.11. The summed E-state index contributed by atoms with van der Waals surface area (Å²) in [6.45, 7) is 1.93. The third-order valence-electron chi connectivity index (χ3n) is 1.39. The van der Waals surface area contributed by atoms with E-state index in [2.05, 4.69) is 4.98 Å². The van der Waals surface area contributed by atoms with Crippen LogP contribution >= 0.6 is 0 Å². The van der Waals surface area contributed by atoms with Crippen molar-refractivity contribution in [1.29, 1.82) is 0 Å². The lowest BCUT2D eigenvalue weighted by Gasteiger charge is -2.05. The number of nitrogens with two attached hydrogens (primary N) is 1. The Bertz CT molecular complexity index is 184. The Morgan fingerprint density at radius 2 is 2.40 bits per heavy atom. The minimum absolute atomic E-state index is 0.0267. The van der Waals surface area contributed by atoms with E-state index in [0.29, 0.717) is 0 Å². The van der Waals surface area contributed by atoms with E-state index in [1.807, 2.05) is 31.5 Å². The quantitative estimate of drug-likeness (QED) is 0.664. The zero-order valence-electron chi connectivity index (χ0n) is 5.99. The molecule has 0 aliphatic heterocycles. The monoisotopic (exact) mass is 135 g/mol. The van der Waals surface area contributed by atoms with Gasteiger partial charge in [0, 0.05) is 12.2 Å². The molecule has 0 amide bonds. The molecule has 0 spiro atoms. The number of pyridine rings is 1. The second-order valence-electron chi connectivity index (χ2n) is 2.11. The standard InChI is InChI=1S/C8H11N2/c1-2-7(9)8-5-3-4-6-10-8/h2-7H,9H2,1H3. The van der Waals surface area contributed by atoms with Crippen LogP contribution in [0.4, 0.5) is 0 Å². The Hall–Kier alpha value is -0.890. The topological polar surface area (TPSA) is 38.9 Å². The Morgan fingerprint density at radius 3 is 2.90 bits per heavy atom. The highest BCUT2D eigenvalue weighted by Gasteiger charge is 2.01. The summed E-state index contributed by atoms with van der Waals surface area (Å²) in [5, 5.41) is 0. The zero-order valence-corrected chi connectivity index (χ0v) is 5.99. The van der Waals surface area contributed by atoms with Crippen LogP contribution in [0.5, 0.6) is 0 Å². The van der Waals surface area contributed by atoms with Gasteiger partial charge in [-0.05, 0) is 18.6 Å². The molecule has 0 bridgehead atoms. The van der Waals surface area contributed by atoms with E-state index in [9.17, 15) is 0 Å². The van der Waals surface area contributed by atoms with Gasteiger partial charge < -0.3 is 5.73 Å². The maximum Gasteiger partial charge on any atom is 0.0573 e. The molecule has 0 aromatic carbocycles. The van der Waals surface area contributed by atoms with Crippen molar-refractivity contribution >= 4 is 0 Å². The number of hydrogen-bond donors (Lipinski definition) is 1. The molecule has 2 heteroatoms. The zero-order chi connectivity index (χ0) is 7.40. The van der Waals surface area contributed by atoms with E-state index in [-0.39, 0.29) is 6.04 Å². The summed E-state index contributed by atoms with van der Waals surface area (Å²) in [7, 11) is 0. The molecule has 0 saturated heterocycles. The fraction of sp³-hybridized carbons (Fsp3) is 0.250. The molecule has 1 heterocycles. The number of nitrogens with zero attached hydrogens (tertiary/aromatic N) is 1. The van der Waals surface area contributed by atoms with Gasteiger partial charge in [0.2, 0.25) is 0 Å². The minimum Gasteiger partial charge on any atom is -0.322 e. The van der Waals surface area contributed by atoms with E-state index in [1.165, 1.54) is 0 Å². The van der Waals surface area contributed by atoms with Crippen LogP contribution in [0.25, 0.3) is 0 Å². The van der Waals surface area contributed by atoms with Crippen LogP contribution in [-0.4, -0.2) is 4.98 Å². The van der Waals surface area contributed by atoms with E-state index < -0.39 is 0 Å².